The van der Waals surface area contributed by atoms with E-state index < -0.39 is 10.0 Å². The molecule has 1 heterocycles. The van der Waals surface area contributed by atoms with Gasteiger partial charge >= 0.3 is 0 Å². The average Bonchev–Trinajstić information content (AvgIpc) is 3.26. The van der Waals surface area contributed by atoms with Crippen molar-refractivity contribution in [1.29, 1.82) is 0 Å². The second kappa shape index (κ2) is 13.2. The van der Waals surface area contributed by atoms with E-state index in [9.17, 15) is 18.3 Å². The summed E-state index contributed by atoms with van der Waals surface area (Å²) in [7, 11) is 0.311. The Morgan fingerprint density at radius 1 is 0.976 bits per heavy atom. The lowest BCUT2D eigenvalue weighted by Crippen LogP contribution is -2.35. The highest BCUT2D eigenvalue weighted by atomic mass is 32.2. The fraction of sp³-hybridized carbons (Fsp3) is 0.312. The number of nitrogens with one attached hydrogen (secondary N) is 2. The molecule has 1 aromatic heterocycles. The van der Waals surface area contributed by atoms with Crippen molar-refractivity contribution in [3.63, 3.8) is 0 Å². The van der Waals surface area contributed by atoms with Gasteiger partial charge in [0.15, 0.2) is 5.88 Å². The van der Waals surface area contributed by atoms with Gasteiger partial charge < -0.3 is 20.3 Å². The molecule has 10 heteroatoms. The second-order valence-electron chi connectivity index (χ2n) is 11.0. The second-order valence-corrected chi connectivity index (χ2v) is 12.9. The molecule has 0 fully saturated rings. The number of aromatic nitrogens is 1. The number of amides is 1. The van der Waals surface area contributed by atoms with Gasteiger partial charge in [-0.2, -0.15) is 0 Å². The number of hydrogen-bond acceptors (Lipinski definition) is 6. The summed E-state index contributed by atoms with van der Waals surface area (Å²) in [5, 5.41) is 14.7. The van der Waals surface area contributed by atoms with Crippen LogP contribution in [0.4, 0.5) is 11.4 Å². The van der Waals surface area contributed by atoms with Crippen LogP contribution in [0.5, 0.6) is 5.88 Å². The molecule has 0 aliphatic rings. The van der Waals surface area contributed by atoms with Crippen LogP contribution in [0.1, 0.15) is 41.8 Å². The Morgan fingerprint density at radius 2 is 1.67 bits per heavy atom. The largest absolute Gasteiger partial charge is 0.494 e. The Kier molecular flexibility index (Phi) is 9.70. The fourth-order valence-corrected chi connectivity index (χ4v) is 5.51. The molecule has 0 unspecified atom stereocenters. The maximum atomic E-state index is 12.9. The first-order valence-electron chi connectivity index (χ1n) is 13.9. The van der Waals surface area contributed by atoms with E-state index in [1.807, 2.05) is 49.3 Å². The minimum atomic E-state index is -3.48. The van der Waals surface area contributed by atoms with Crippen LogP contribution in [0.2, 0.25) is 0 Å². The highest BCUT2D eigenvalue weighted by Gasteiger charge is 2.21. The molecule has 4 aromatic rings. The van der Waals surface area contributed by atoms with Gasteiger partial charge in [-0.1, -0.05) is 44.2 Å². The number of aliphatic imine (C=N–C) groups is 1. The minimum Gasteiger partial charge on any atom is -0.494 e. The van der Waals surface area contributed by atoms with E-state index in [1.165, 1.54) is 10.6 Å². The number of anilines is 1. The Bertz CT molecular complexity index is 1660. The molecule has 3 N–H and O–H groups in total. The first-order chi connectivity index (χ1) is 19.9. The summed E-state index contributed by atoms with van der Waals surface area (Å²) in [6.45, 7) is 5.69. The summed E-state index contributed by atoms with van der Waals surface area (Å²) in [5.74, 6) is 0.239. The lowest BCUT2D eigenvalue weighted by molar-refractivity contribution is 0.0952. The summed E-state index contributed by atoms with van der Waals surface area (Å²) in [6.07, 6.45) is 2.08. The number of fused-ring (bicyclic) bond motifs is 1. The van der Waals surface area contributed by atoms with Crippen molar-refractivity contribution < 1.29 is 18.3 Å². The van der Waals surface area contributed by atoms with Gasteiger partial charge in [-0.3, -0.25) is 9.10 Å². The van der Waals surface area contributed by atoms with Gasteiger partial charge in [0.2, 0.25) is 10.0 Å². The molecule has 222 valence electrons. The van der Waals surface area contributed by atoms with Gasteiger partial charge in [0.25, 0.3) is 5.91 Å². The number of H-pyrrole nitrogens is 1. The molecular weight excluding hydrogens is 550 g/mol. The van der Waals surface area contributed by atoms with E-state index in [-0.39, 0.29) is 11.8 Å². The van der Waals surface area contributed by atoms with E-state index >= 15 is 0 Å². The molecule has 0 aliphatic carbocycles. The smallest absolute Gasteiger partial charge is 0.251 e. The molecule has 0 spiro atoms. The van der Waals surface area contributed by atoms with E-state index in [0.717, 1.165) is 12.0 Å². The molecule has 42 heavy (non-hydrogen) atoms. The van der Waals surface area contributed by atoms with E-state index in [2.05, 4.69) is 24.1 Å². The molecule has 0 bridgehead atoms. The highest BCUT2D eigenvalue weighted by molar-refractivity contribution is 7.92. The number of aromatic amines is 1. The van der Waals surface area contributed by atoms with Crippen molar-refractivity contribution >= 4 is 43.9 Å². The van der Waals surface area contributed by atoms with E-state index in [4.69, 9.17) is 4.99 Å². The minimum absolute atomic E-state index is 0.0615. The van der Waals surface area contributed by atoms with Crippen molar-refractivity contribution in [2.75, 3.05) is 44.3 Å². The van der Waals surface area contributed by atoms with Crippen LogP contribution in [0.15, 0.2) is 77.8 Å². The van der Waals surface area contributed by atoms with Crippen LogP contribution in [0.25, 0.3) is 10.9 Å². The maximum Gasteiger partial charge on any atom is 0.251 e. The van der Waals surface area contributed by atoms with Gasteiger partial charge in [-0.25, -0.2) is 13.4 Å². The van der Waals surface area contributed by atoms with Crippen LogP contribution in [0.3, 0.4) is 0 Å². The van der Waals surface area contributed by atoms with Gasteiger partial charge in [-0.15, -0.1) is 0 Å². The van der Waals surface area contributed by atoms with Gasteiger partial charge in [0.05, 0.1) is 28.9 Å². The third kappa shape index (κ3) is 7.57. The van der Waals surface area contributed by atoms with E-state index in [1.54, 1.807) is 42.5 Å². The molecule has 4 rings (SSSR count). The van der Waals surface area contributed by atoms with Crippen molar-refractivity contribution in [2.45, 2.75) is 20.3 Å². The van der Waals surface area contributed by atoms with Crippen LogP contribution in [-0.4, -0.2) is 75.0 Å². The number of carbonyl (C=O) groups excluding carboxylic acids is 1. The zero-order valence-electron chi connectivity index (χ0n) is 24.8. The zero-order valence-corrected chi connectivity index (χ0v) is 25.6. The van der Waals surface area contributed by atoms with Gasteiger partial charge in [0.1, 0.15) is 0 Å². The van der Waals surface area contributed by atoms with Crippen molar-refractivity contribution in [3.8, 4) is 5.88 Å². The third-order valence-electron chi connectivity index (χ3n) is 6.86. The van der Waals surface area contributed by atoms with Crippen molar-refractivity contribution in [3.05, 3.63) is 89.5 Å². The monoisotopic (exact) mass is 589 g/mol. The number of benzene rings is 3. The third-order valence-corrected chi connectivity index (χ3v) is 8.06. The summed E-state index contributed by atoms with van der Waals surface area (Å²) in [4.78, 5) is 22.8. The van der Waals surface area contributed by atoms with E-state index in [0.29, 0.717) is 64.7 Å². The number of nitrogens with zero attached hydrogens (tertiary/aromatic N) is 3. The number of aromatic hydroxyl groups is 1. The van der Waals surface area contributed by atoms with Crippen LogP contribution in [0, 0.1) is 5.92 Å². The van der Waals surface area contributed by atoms with Crippen LogP contribution < -0.4 is 9.62 Å². The Labute approximate surface area is 247 Å². The van der Waals surface area contributed by atoms with Gasteiger partial charge in [0, 0.05) is 41.7 Å². The number of carbonyl (C=O) groups is 1. The number of sulfonamides is 1. The highest BCUT2D eigenvalue weighted by Crippen LogP contribution is 2.33. The molecule has 0 radical (unpaired) electrons. The molecule has 0 aliphatic heterocycles. The van der Waals surface area contributed by atoms with Gasteiger partial charge in [-0.05, 0) is 68.9 Å². The molecule has 0 saturated carbocycles. The number of rotatable bonds is 12. The average molecular weight is 590 g/mol. The summed E-state index contributed by atoms with van der Waals surface area (Å²) >= 11 is 0. The first kappa shape index (κ1) is 30.8. The Morgan fingerprint density at radius 3 is 2.29 bits per heavy atom. The van der Waals surface area contributed by atoms with Crippen molar-refractivity contribution in [2.24, 2.45) is 10.9 Å². The molecule has 0 saturated heterocycles. The SMILES string of the molecule is CC(C)CCNC(=O)c1ccc2[nH]c(O)c(C(=Nc3ccc(N(CCN(C)C)S(C)(=O)=O)cc3)c3ccccc3)c2c1. The standard InChI is InChI=1S/C32H39N5O4S/c1-22(2)17-18-33-31(38)24-11-16-28-27(21-24)29(32(39)35-28)30(23-9-7-6-8-10-23)34-25-12-14-26(15-13-25)37(42(5,40)41)20-19-36(3)4/h6-16,21-22,35,39H,17-20H2,1-5H3,(H,33,38). The molecule has 9 nitrogen and oxygen atoms in total. The Hall–Kier alpha value is -4.15. The predicted octanol–water partition coefficient (Wildman–Crippen LogP) is 5.15. The normalized spacial score (nSPS) is 12.3. The van der Waals surface area contributed by atoms with Crippen molar-refractivity contribution in [1.82, 2.24) is 15.2 Å². The van der Waals surface area contributed by atoms with Crippen LogP contribution in [-0.2, 0) is 10.0 Å². The predicted molar refractivity (Wildman–Crippen MR) is 171 cm³/mol. The maximum absolute atomic E-state index is 12.9. The van der Waals surface area contributed by atoms with Crippen LogP contribution >= 0.6 is 0 Å². The zero-order chi connectivity index (χ0) is 30.4. The first-order valence-corrected chi connectivity index (χ1v) is 15.8. The summed E-state index contributed by atoms with van der Waals surface area (Å²) in [6, 6.07) is 21.7. The Balaban J connectivity index is 1.76. The fourth-order valence-electron chi connectivity index (χ4n) is 4.60. The lowest BCUT2D eigenvalue weighted by Gasteiger charge is -2.24. The number of likely N-dealkylation sites (N-methyl/N-ethyl adjacent to an activating group) is 1. The summed E-state index contributed by atoms with van der Waals surface area (Å²) in [5.41, 5.74) is 4.04. The molecular formula is C32H39N5O4S. The topological polar surface area (TPSA) is 118 Å². The molecule has 3 aromatic carbocycles. The number of hydrogen-bond donors (Lipinski definition) is 3. The quantitative estimate of drug-likeness (QED) is 0.198. The molecule has 0 atom stereocenters. The lowest BCUT2D eigenvalue weighted by atomic mass is 9.99. The summed E-state index contributed by atoms with van der Waals surface area (Å²) < 4.78 is 26.4. The molecule has 1 amide bonds.